The second-order valence-corrected chi connectivity index (χ2v) is 6.56. The number of likely N-dealkylation sites (tertiary alicyclic amines) is 1. The number of nitrogens with zero attached hydrogens (tertiary/aromatic N) is 2. The number of rotatable bonds is 6. The lowest BCUT2D eigenvalue weighted by molar-refractivity contribution is -0.383. The molecule has 1 fully saturated rings. The summed E-state index contributed by atoms with van der Waals surface area (Å²) in [5.41, 5.74) is -0.279. The van der Waals surface area contributed by atoms with E-state index in [0.717, 1.165) is 0 Å². The van der Waals surface area contributed by atoms with Crippen molar-refractivity contribution in [2.24, 2.45) is 5.92 Å². The number of hydrogen-bond acceptors (Lipinski definition) is 5. The predicted octanol–water partition coefficient (Wildman–Crippen LogP) is 2.86. The SMILES string of the molecule is O=C(Nc1cc(Cl)ccc1[N+](=O)[O-])C1CN(C(=O)COc2ccccc2F)C1. The summed E-state index contributed by atoms with van der Waals surface area (Å²) >= 11 is 5.83. The minimum absolute atomic E-state index is 0.00448. The maximum Gasteiger partial charge on any atom is 0.292 e. The molecule has 3 rings (SSSR count). The van der Waals surface area contributed by atoms with Gasteiger partial charge >= 0.3 is 0 Å². The van der Waals surface area contributed by atoms with Crippen molar-refractivity contribution in [1.82, 2.24) is 4.90 Å². The lowest BCUT2D eigenvalue weighted by atomic mass is 9.99. The van der Waals surface area contributed by atoms with Gasteiger partial charge in [0.1, 0.15) is 5.69 Å². The molecule has 1 N–H and O–H groups in total. The van der Waals surface area contributed by atoms with Crippen LogP contribution in [0.5, 0.6) is 5.75 Å². The van der Waals surface area contributed by atoms with E-state index >= 15 is 0 Å². The molecule has 1 heterocycles. The predicted molar refractivity (Wildman–Crippen MR) is 98.7 cm³/mol. The van der Waals surface area contributed by atoms with Crippen LogP contribution < -0.4 is 10.1 Å². The zero-order chi connectivity index (χ0) is 20.3. The average molecular weight is 408 g/mol. The summed E-state index contributed by atoms with van der Waals surface area (Å²) in [5.74, 6) is -1.96. The lowest BCUT2D eigenvalue weighted by Crippen LogP contribution is -2.55. The summed E-state index contributed by atoms with van der Waals surface area (Å²) in [6, 6.07) is 9.57. The Labute approximate surface area is 164 Å². The van der Waals surface area contributed by atoms with Crippen molar-refractivity contribution in [1.29, 1.82) is 0 Å². The van der Waals surface area contributed by atoms with Crippen molar-refractivity contribution in [2.75, 3.05) is 25.0 Å². The Hall–Kier alpha value is -3.20. The first kappa shape index (κ1) is 19.6. The number of halogens is 2. The van der Waals surface area contributed by atoms with Gasteiger partial charge in [-0.15, -0.1) is 0 Å². The molecule has 0 radical (unpaired) electrons. The summed E-state index contributed by atoms with van der Waals surface area (Å²) in [6.45, 7) is -0.0750. The molecule has 0 unspecified atom stereocenters. The van der Waals surface area contributed by atoms with Crippen molar-refractivity contribution >= 4 is 34.8 Å². The van der Waals surface area contributed by atoms with Gasteiger partial charge in [-0.25, -0.2) is 4.39 Å². The van der Waals surface area contributed by atoms with Gasteiger partial charge in [0.05, 0.1) is 10.8 Å². The van der Waals surface area contributed by atoms with E-state index in [1.807, 2.05) is 0 Å². The number of anilines is 1. The number of ether oxygens (including phenoxy) is 1. The fourth-order valence-corrected chi connectivity index (χ4v) is 2.82. The standard InChI is InChI=1S/C18H15ClFN3O5/c19-12-5-6-15(23(26)27)14(7-12)21-18(25)11-8-22(9-11)17(24)10-28-16-4-2-1-3-13(16)20/h1-7,11H,8-10H2,(H,21,25). The van der Waals surface area contributed by atoms with Crippen LogP contribution in [0.2, 0.25) is 5.02 Å². The van der Waals surface area contributed by atoms with Gasteiger partial charge in [-0.2, -0.15) is 0 Å². The Morgan fingerprint density at radius 2 is 2.00 bits per heavy atom. The molecule has 1 aliphatic heterocycles. The summed E-state index contributed by atoms with van der Waals surface area (Å²) in [7, 11) is 0. The Morgan fingerprint density at radius 3 is 2.68 bits per heavy atom. The van der Waals surface area contributed by atoms with Crippen molar-refractivity contribution < 1.29 is 23.6 Å². The summed E-state index contributed by atoms with van der Waals surface area (Å²) < 4.78 is 18.6. The van der Waals surface area contributed by atoms with Crippen molar-refractivity contribution in [3.8, 4) is 5.75 Å². The maximum atomic E-state index is 13.5. The molecule has 0 saturated carbocycles. The first-order valence-electron chi connectivity index (χ1n) is 8.25. The highest BCUT2D eigenvalue weighted by atomic mass is 35.5. The van der Waals surface area contributed by atoms with E-state index in [1.165, 1.54) is 41.3 Å². The minimum atomic E-state index is -0.622. The Balaban J connectivity index is 1.51. The van der Waals surface area contributed by atoms with Crippen LogP contribution in [0.25, 0.3) is 0 Å². The van der Waals surface area contributed by atoms with E-state index in [4.69, 9.17) is 16.3 Å². The van der Waals surface area contributed by atoms with Crippen LogP contribution in [0, 0.1) is 21.8 Å². The Kier molecular flexibility index (Phi) is 5.74. The molecular formula is C18H15ClFN3O5. The van der Waals surface area contributed by atoms with Gasteiger partial charge in [0, 0.05) is 24.2 Å². The van der Waals surface area contributed by atoms with Gasteiger partial charge in [0.15, 0.2) is 18.2 Å². The summed E-state index contributed by atoms with van der Waals surface area (Å²) in [6.07, 6.45) is 0. The number of carbonyl (C=O) groups is 2. The van der Waals surface area contributed by atoms with Crippen LogP contribution in [0.4, 0.5) is 15.8 Å². The van der Waals surface area contributed by atoms with Gasteiger partial charge in [0.2, 0.25) is 5.91 Å². The molecule has 0 spiro atoms. The van der Waals surface area contributed by atoms with Gasteiger partial charge < -0.3 is 15.0 Å². The second kappa shape index (κ2) is 8.22. The smallest absolute Gasteiger partial charge is 0.292 e. The highest BCUT2D eigenvalue weighted by Gasteiger charge is 2.36. The number of amides is 2. The van der Waals surface area contributed by atoms with E-state index in [-0.39, 0.29) is 47.8 Å². The first-order chi connectivity index (χ1) is 13.3. The monoisotopic (exact) mass is 407 g/mol. The van der Waals surface area contributed by atoms with E-state index in [2.05, 4.69) is 5.32 Å². The number of nitrogens with one attached hydrogen (secondary N) is 1. The van der Waals surface area contributed by atoms with Crippen LogP contribution in [0.3, 0.4) is 0 Å². The third-order valence-corrected chi connectivity index (χ3v) is 4.44. The molecular weight excluding hydrogens is 393 g/mol. The van der Waals surface area contributed by atoms with Crippen molar-refractivity contribution in [3.63, 3.8) is 0 Å². The second-order valence-electron chi connectivity index (χ2n) is 6.12. The number of para-hydroxylation sites is 1. The van der Waals surface area contributed by atoms with Crippen LogP contribution in [-0.4, -0.2) is 41.3 Å². The third-order valence-electron chi connectivity index (χ3n) is 4.21. The molecule has 10 heteroatoms. The van der Waals surface area contributed by atoms with Crippen LogP contribution in [-0.2, 0) is 9.59 Å². The topological polar surface area (TPSA) is 102 Å². The molecule has 2 aromatic carbocycles. The molecule has 28 heavy (non-hydrogen) atoms. The first-order valence-corrected chi connectivity index (χ1v) is 8.63. The molecule has 0 aliphatic carbocycles. The zero-order valence-electron chi connectivity index (χ0n) is 14.4. The summed E-state index contributed by atoms with van der Waals surface area (Å²) in [4.78, 5) is 36.1. The Bertz CT molecular complexity index is 933. The average Bonchev–Trinajstić information content (AvgIpc) is 2.59. The normalized spacial score (nSPS) is 13.6. The van der Waals surface area contributed by atoms with Crippen molar-refractivity contribution in [2.45, 2.75) is 0 Å². The van der Waals surface area contributed by atoms with E-state index in [9.17, 15) is 24.1 Å². The van der Waals surface area contributed by atoms with E-state index < -0.39 is 22.6 Å². The molecule has 1 aliphatic rings. The van der Waals surface area contributed by atoms with E-state index in [0.29, 0.717) is 0 Å². The van der Waals surface area contributed by atoms with Gasteiger partial charge in [-0.1, -0.05) is 23.7 Å². The molecule has 8 nitrogen and oxygen atoms in total. The van der Waals surface area contributed by atoms with Gasteiger partial charge in [-0.05, 0) is 24.3 Å². The highest BCUT2D eigenvalue weighted by molar-refractivity contribution is 6.31. The largest absolute Gasteiger partial charge is 0.481 e. The fraction of sp³-hybridized carbons (Fsp3) is 0.222. The van der Waals surface area contributed by atoms with Gasteiger partial charge in [0.25, 0.3) is 11.6 Å². The van der Waals surface area contributed by atoms with Crippen LogP contribution in [0.15, 0.2) is 42.5 Å². The fourth-order valence-electron chi connectivity index (χ4n) is 2.64. The van der Waals surface area contributed by atoms with E-state index in [1.54, 1.807) is 6.07 Å². The Morgan fingerprint density at radius 1 is 1.29 bits per heavy atom. The highest BCUT2D eigenvalue weighted by Crippen LogP contribution is 2.29. The molecule has 146 valence electrons. The zero-order valence-corrected chi connectivity index (χ0v) is 15.2. The molecule has 0 atom stereocenters. The molecule has 2 aromatic rings. The number of hydrogen-bond donors (Lipinski definition) is 1. The molecule has 0 bridgehead atoms. The van der Waals surface area contributed by atoms with Crippen molar-refractivity contribution in [3.05, 3.63) is 63.4 Å². The number of benzene rings is 2. The van der Waals surface area contributed by atoms with Gasteiger partial charge in [-0.3, -0.25) is 19.7 Å². The van der Waals surface area contributed by atoms with Crippen LogP contribution in [0.1, 0.15) is 0 Å². The third kappa shape index (κ3) is 4.37. The quantitative estimate of drug-likeness (QED) is 0.586. The number of nitro benzene ring substituents is 1. The molecule has 0 aromatic heterocycles. The minimum Gasteiger partial charge on any atom is -0.481 e. The van der Waals surface area contributed by atoms with Crippen LogP contribution >= 0.6 is 11.6 Å². The summed E-state index contributed by atoms with van der Waals surface area (Å²) in [5, 5.41) is 13.8. The molecule has 2 amide bonds. The molecule has 1 saturated heterocycles. The lowest BCUT2D eigenvalue weighted by Gasteiger charge is -2.38. The number of nitro groups is 1. The maximum absolute atomic E-state index is 13.5. The number of carbonyl (C=O) groups excluding carboxylic acids is 2.